The van der Waals surface area contributed by atoms with Crippen LogP contribution >= 0.6 is 11.6 Å². The molecule has 0 spiro atoms. The summed E-state index contributed by atoms with van der Waals surface area (Å²) in [5.74, 6) is -0.115. The van der Waals surface area contributed by atoms with E-state index in [1.807, 2.05) is 24.3 Å². The minimum atomic E-state index is -4.75. The van der Waals surface area contributed by atoms with Gasteiger partial charge in [-0.25, -0.2) is 4.79 Å². The Hall–Kier alpha value is -4.25. The van der Waals surface area contributed by atoms with Crippen LogP contribution in [0.15, 0.2) is 72.8 Å². The number of piperidine rings is 1. The third-order valence-electron chi connectivity index (χ3n) is 7.22. The second-order valence-corrected chi connectivity index (χ2v) is 10.6. The van der Waals surface area contributed by atoms with E-state index in [0.29, 0.717) is 25.1 Å². The van der Waals surface area contributed by atoms with Gasteiger partial charge in [-0.15, -0.1) is 0 Å². The van der Waals surface area contributed by atoms with Crippen molar-refractivity contribution in [3.05, 3.63) is 94.5 Å². The molecule has 4 amide bonds. The summed E-state index contributed by atoms with van der Waals surface area (Å²) in [5, 5.41) is 7.37. The van der Waals surface area contributed by atoms with Crippen LogP contribution in [0.5, 0.6) is 5.75 Å². The Morgan fingerprint density at radius 1 is 0.977 bits per heavy atom. The topological polar surface area (TPSA) is 99.8 Å². The summed E-state index contributed by atoms with van der Waals surface area (Å²) < 4.78 is 45.8. The third kappa shape index (κ3) is 8.63. The van der Waals surface area contributed by atoms with Gasteiger partial charge in [-0.3, -0.25) is 9.59 Å². The number of nitrogens with one attached hydrogen (secondary N) is 3. The fraction of sp³-hybridized carbons (Fsp3) is 0.323. The lowest BCUT2D eigenvalue weighted by atomic mass is 9.94. The molecule has 4 rings (SSSR count). The van der Waals surface area contributed by atoms with Gasteiger partial charge >= 0.3 is 12.2 Å². The van der Waals surface area contributed by atoms with Gasteiger partial charge in [0.15, 0.2) is 0 Å². The highest BCUT2D eigenvalue weighted by atomic mass is 35.5. The van der Waals surface area contributed by atoms with E-state index in [0.717, 1.165) is 23.3 Å². The third-order valence-corrected chi connectivity index (χ3v) is 7.54. The first-order valence-electron chi connectivity index (χ1n) is 13.7. The molecular formula is C31H32ClF3N4O4. The lowest BCUT2D eigenvalue weighted by Gasteiger charge is -2.34. The molecule has 0 saturated carbocycles. The van der Waals surface area contributed by atoms with E-state index >= 15 is 0 Å². The van der Waals surface area contributed by atoms with Crippen molar-refractivity contribution < 1.29 is 32.3 Å². The van der Waals surface area contributed by atoms with Gasteiger partial charge in [-0.05, 0) is 48.2 Å². The normalized spacial score (nSPS) is 14.5. The molecule has 12 heteroatoms. The van der Waals surface area contributed by atoms with Crippen LogP contribution in [0.4, 0.5) is 23.7 Å². The Balaban J connectivity index is 1.39. The van der Waals surface area contributed by atoms with Gasteiger partial charge in [0.2, 0.25) is 11.8 Å². The number of hydrogen-bond donors (Lipinski definition) is 3. The first-order chi connectivity index (χ1) is 20.5. The number of carbonyl (C=O) groups is 3. The maximum Gasteiger partial charge on any atom is 0.418 e. The molecule has 3 aromatic carbocycles. The molecule has 0 unspecified atom stereocenters. The van der Waals surface area contributed by atoms with Crippen LogP contribution in [0.1, 0.15) is 29.5 Å². The Morgan fingerprint density at radius 2 is 1.65 bits per heavy atom. The molecule has 1 saturated heterocycles. The van der Waals surface area contributed by atoms with Crippen LogP contribution in [-0.4, -0.2) is 49.0 Å². The maximum atomic E-state index is 13.6. The molecule has 0 aromatic heterocycles. The lowest BCUT2D eigenvalue weighted by molar-refractivity contribution is -0.137. The SMILES string of the molecule is COc1cccc(CNC(=O)C2CCN(C(=O)[C@@H](Cc3ccccc3)NC(=O)Nc3c(Cl)cccc3C(F)(F)F)CC2)c1. The van der Waals surface area contributed by atoms with Crippen molar-refractivity contribution in [1.29, 1.82) is 0 Å². The van der Waals surface area contributed by atoms with E-state index in [-0.39, 0.29) is 36.4 Å². The maximum absolute atomic E-state index is 13.6. The fourth-order valence-corrected chi connectivity index (χ4v) is 5.17. The number of nitrogens with zero attached hydrogens (tertiary/aromatic N) is 1. The smallest absolute Gasteiger partial charge is 0.418 e. The average Bonchev–Trinajstić information content (AvgIpc) is 3.00. The van der Waals surface area contributed by atoms with Gasteiger partial charge in [0.1, 0.15) is 11.8 Å². The van der Waals surface area contributed by atoms with Gasteiger partial charge in [0.25, 0.3) is 0 Å². The van der Waals surface area contributed by atoms with E-state index in [4.69, 9.17) is 16.3 Å². The molecule has 1 heterocycles. The molecule has 8 nitrogen and oxygen atoms in total. The number of ether oxygens (including phenoxy) is 1. The van der Waals surface area contributed by atoms with Gasteiger partial charge in [-0.1, -0.05) is 60.1 Å². The number of para-hydroxylation sites is 1. The van der Waals surface area contributed by atoms with Gasteiger partial charge in [0.05, 0.1) is 23.4 Å². The van der Waals surface area contributed by atoms with E-state index in [1.165, 1.54) is 6.07 Å². The molecule has 228 valence electrons. The van der Waals surface area contributed by atoms with E-state index in [9.17, 15) is 27.6 Å². The van der Waals surface area contributed by atoms with Crippen molar-refractivity contribution in [3.63, 3.8) is 0 Å². The van der Waals surface area contributed by atoms with Crippen molar-refractivity contribution in [2.24, 2.45) is 5.92 Å². The van der Waals surface area contributed by atoms with E-state index in [2.05, 4.69) is 16.0 Å². The number of hydrogen-bond acceptors (Lipinski definition) is 4. The van der Waals surface area contributed by atoms with Gasteiger partial charge in [-0.2, -0.15) is 13.2 Å². The van der Waals surface area contributed by atoms with Crippen molar-refractivity contribution in [1.82, 2.24) is 15.5 Å². The second kappa shape index (κ2) is 14.3. The summed E-state index contributed by atoms with van der Waals surface area (Å²) in [7, 11) is 1.57. The first kappa shape index (κ1) is 31.7. The van der Waals surface area contributed by atoms with Crippen LogP contribution < -0.4 is 20.7 Å². The predicted molar refractivity (Wildman–Crippen MR) is 157 cm³/mol. The minimum Gasteiger partial charge on any atom is -0.497 e. The number of urea groups is 1. The Morgan fingerprint density at radius 3 is 2.33 bits per heavy atom. The molecular weight excluding hydrogens is 585 g/mol. The number of rotatable bonds is 9. The highest BCUT2D eigenvalue weighted by Crippen LogP contribution is 2.38. The number of methoxy groups -OCH3 is 1. The molecule has 0 bridgehead atoms. The van der Waals surface area contributed by atoms with Gasteiger partial charge in [0, 0.05) is 32.0 Å². The Labute approximate surface area is 252 Å². The summed E-state index contributed by atoms with van der Waals surface area (Å²) in [6.45, 7) is 0.912. The molecule has 0 radical (unpaired) electrons. The zero-order chi connectivity index (χ0) is 31.0. The quantitative estimate of drug-likeness (QED) is 0.289. The molecule has 1 atom stereocenters. The highest BCUT2D eigenvalue weighted by Gasteiger charge is 2.36. The first-order valence-corrected chi connectivity index (χ1v) is 14.1. The summed E-state index contributed by atoms with van der Waals surface area (Å²) >= 11 is 5.98. The van der Waals surface area contributed by atoms with Crippen molar-refractivity contribution in [2.45, 2.75) is 38.0 Å². The second-order valence-electron chi connectivity index (χ2n) is 10.2. The standard InChI is InChI=1S/C31H32ClF3N4O4/c1-43-23-10-5-9-21(17-23)19-36-28(40)22-13-15-39(16-14-22)29(41)26(18-20-7-3-2-4-8-20)37-30(42)38-27-24(31(33,34)35)11-6-12-25(27)32/h2-12,17,22,26H,13-16,18-19H2,1H3,(H,36,40)(H2,37,38,42)/t26-/m1/s1. The predicted octanol–water partition coefficient (Wildman–Crippen LogP) is 5.66. The molecule has 1 aliphatic heterocycles. The van der Waals surface area contributed by atoms with Crippen LogP contribution in [0.25, 0.3) is 0 Å². The van der Waals surface area contributed by atoms with Crippen molar-refractivity contribution in [3.8, 4) is 5.75 Å². The molecule has 1 fully saturated rings. The highest BCUT2D eigenvalue weighted by molar-refractivity contribution is 6.34. The number of alkyl halides is 3. The molecule has 3 N–H and O–H groups in total. The van der Waals surface area contributed by atoms with Crippen molar-refractivity contribution in [2.75, 3.05) is 25.5 Å². The Bertz CT molecular complexity index is 1430. The number of anilines is 1. The van der Waals surface area contributed by atoms with Crippen molar-refractivity contribution >= 4 is 35.1 Å². The Kier molecular flexibility index (Phi) is 10.5. The number of benzene rings is 3. The summed E-state index contributed by atoms with van der Waals surface area (Å²) in [4.78, 5) is 40.9. The molecule has 0 aliphatic carbocycles. The van der Waals surface area contributed by atoms with Crippen LogP contribution in [0, 0.1) is 5.92 Å². The van der Waals surface area contributed by atoms with E-state index < -0.39 is 35.4 Å². The zero-order valence-electron chi connectivity index (χ0n) is 23.4. The average molecular weight is 617 g/mol. The monoisotopic (exact) mass is 616 g/mol. The van der Waals surface area contributed by atoms with E-state index in [1.54, 1.807) is 42.3 Å². The molecule has 3 aromatic rings. The lowest BCUT2D eigenvalue weighted by Crippen LogP contribution is -2.53. The van der Waals surface area contributed by atoms with Crippen LogP contribution in [0.3, 0.4) is 0 Å². The van der Waals surface area contributed by atoms with Crippen LogP contribution in [-0.2, 0) is 28.7 Å². The summed E-state index contributed by atoms with van der Waals surface area (Å²) in [6.07, 6.45) is -3.79. The van der Waals surface area contributed by atoms with Crippen LogP contribution in [0.2, 0.25) is 5.02 Å². The van der Waals surface area contributed by atoms with Gasteiger partial charge < -0.3 is 25.6 Å². The summed E-state index contributed by atoms with van der Waals surface area (Å²) in [5.41, 5.74) is -0.0528. The zero-order valence-corrected chi connectivity index (χ0v) is 24.2. The fourth-order valence-electron chi connectivity index (χ4n) is 4.94. The molecule has 43 heavy (non-hydrogen) atoms. The largest absolute Gasteiger partial charge is 0.497 e. The minimum absolute atomic E-state index is 0.114. The number of carbonyl (C=O) groups excluding carboxylic acids is 3. The number of likely N-dealkylation sites (tertiary alicyclic amines) is 1. The summed E-state index contributed by atoms with van der Waals surface area (Å²) in [6, 6.07) is 17.4. The molecule has 1 aliphatic rings. The number of amides is 4. The number of halogens is 4.